The summed E-state index contributed by atoms with van der Waals surface area (Å²) < 4.78 is 10.1. The highest BCUT2D eigenvalue weighted by Gasteiger charge is 2.22. The van der Waals surface area contributed by atoms with Crippen LogP contribution in [-0.2, 0) is 16.1 Å². The molecule has 0 spiro atoms. The van der Waals surface area contributed by atoms with E-state index < -0.39 is 0 Å². The summed E-state index contributed by atoms with van der Waals surface area (Å²) in [4.78, 5) is 20.1. The molecule has 0 bridgehead atoms. The molecular formula is C13H22N4O3. The molecule has 0 radical (unpaired) electrons. The van der Waals surface area contributed by atoms with Crippen molar-refractivity contribution in [1.82, 2.24) is 19.9 Å². The first kappa shape index (κ1) is 14.9. The van der Waals surface area contributed by atoms with Crippen molar-refractivity contribution in [2.45, 2.75) is 26.3 Å². The van der Waals surface area contributed by atoms with Crippen LogP contribution >= 0.6 is 0 Å². The van der Waals surface area contributed by atoms with E-state index in [0.29, 0.717) is 25.5 Å². The molecule has 20 heavy (non-hydrogen) atoms. The molecule has 0 aromatic carbocycles. The third-order valence-corrected chi connectivity index (χ3v) is 3.35. The molecule has 1 saturated heterocycles. The molecule has 0 N–H and O–H groups in total. The Labute approximate surface area is 118 Å². The Morgan fingerprint density at radius 3 is 2.60 bits per heavy atom. The van der Waals surface area contributed by atoms with E-state index >= 15 is 0 Å². The fraction of sp³-hybridized carbons (Fsp3) is 0.769. The predicted octanol–water partition coefficient (Wildman–Crippen LogP) is 0.484. The van der Waals surface area contributed by atoms with E-state index in [1.54, 1.807) is 0 Å². The number of hydrogen-bond donors (Lipinski definition) is 0. The van der Waals surface area contributed by atoms with E-state index in [2.05, 4.69) is 15.0 Å². The van der Waals surface area contributed by atoms with Gasteiger partial charge in [-0.15, -0.1) is 0 Å². The van der Waals surface area contributed by atoms with Gasteiger partial charge in [0.1, 0.15) is 6.61 Å². The number of ether oxygens (including phenoxy) is 1. The van der Waals surface area contributed by atoms with E-state index in [0.717, 1.165) is 18.9 Å². The summed E-state index contributed by atoms with van der Waals surface area (Å²) in [5, 5.41) is 3.95. The zero-order valence-electron chi connectivity index (χ0n) is 12.3. The zero-order valence-corrected chi connectivity index (χ0v) is 12.3. The molecule has 1 amide bonds. The molecular weight excluding hydrogens is 260 g/mol. The van der Waals surface area contributed by atoms with E-state index in [4.69, 9.17) is 9.26 Å². The second kappa shape index (κ2) is 6.81. The molecule has 2 rings (SSSR count). The van der Waals surface area contributed by atoms with Gasteiger partial charge in [-0.1, -0.05) is 19.0 Å². The monoisotopic (exact) mass is 282 g/mol. The Morgan fingerprint density at radius 1 is 1.35 bits per heavy atom. The van der Waals surface area contributed by atoms with E-state index in [1.807, 2.05) is 18.7 Å². The summed E-state index contributed by atoms with van der Waals surface area (Å²) in [6.45, 7) is 7.93. The molecule has 112 valence electrons. The van der Waals surface area contributed by atoms with Gasteiger partial charge in [0, 0.05) is 39.2 Å². The molecule has 2 heterocycles. The van der Waals surface area contributed by atoms with Crippen molar-refractivity contribution in [1.29, 1.82) is 0 Å². The van der Waals surface area contributed by atoms with Crippen molar-refractivity contribution in [3.05, 3.63) is 11.7 Å². The number of rotatable bonds is 5. The fourth-order valence-electron chi connectivity index (χ4n) is 2.13. The van der Waals surface area contributed by atoms with Crippen molar-refractivity contribution in [2.75, 3.05) is 39.9 Å². The number of carbonyl (C=O) groups excluding carboxylic acids is 1. The van der Waals surface area contributed by atoms with Crippen LogP contribution in [0.1, 0.15) is 31.5 Å². The average Bonchev–Trinajstić information content (AvgIpc) is 2.88. The highest BCUT2D eigenvalue weighted by atomic mass is 16.5. The highest BCUT2D eigenvalue weighted by Crippen LogP contribution is 2.12. The zero-order chi connectivity index (χ0) is 14.5. The normalized spacial score (nSPS) is 16.9. The van der Waals surface area contributed by atoms with Crippen molar-refractivity contribution in [3.63, 3.8) is 0 Å². The van der Waals surface area contributed by atoms with Crippen LogP contribution < -0.4 is 0 Å². The quantitative estimate of drug-likeness (QED) is 0.782. The van der Waals surface area contributed by atoms with Crippen molar-refractivity contribution < 1.29 is 14.1 Å². The van der Waals surface area contributed by atoms with Crippen molar-refractivity contribution >= 4 is 5.91 Å². The maximum absolute atomic E-state index is 11.7. The third-order valence-electron chi connectivity index (χ3n) is 3.35. The van der Waals surface area contributed by atoms with Gasteiger partial charge in [0.2, 0.25) is 11.8 Å². The van der Waals surface area contributed by atoms with Gasteiger partial charge in [-0.2, -0.15) is 4.98 Å². The summed E-state index contributed by atoms with van der Waals surface area (Å²) in [5.74, 6) is 1.71. The maximum atomic E-state index is 11.7. The lowest BCUT2D eigenvalue weighted by Crippen LogP contribution is -2.49. The molecule has 0 unspecified atom stereocenters. The van der Waals surface area contributed by atoms with E-state index in [9.17, 15) is 4.79 Å². The van der Waals surface area contributed by atoms with Crippen LogP contribution in [0.25, 0.3) is 0 Å². The van der Waals surface area contributed by atoms with Gasteiger partial charge < -0.3 is 14.2 Å². The Kier molecular flexibility index (Phi) is 5.08. The number of methoxy groups -OCH3 is 1. The third kappa shape index (κ3) is 3.77. The van der Waals surface area contributed by atoms with E-state index in [1.165, 1.54) is 7.11 Å². The highest BCUT2D eigenvalue weighted by molar-refractivity contribution is 5.77. The van der Waals surface area contributed by atoms with Gasteiger partial charge in [0.25, 0.3) is 0 Å². The molecule has 1 aromatic heterocycles. The standard InChI is InChI=1S/C13H22N4O3/c1-10(2)13-14-11(20-15-13)8-16-4-6-17(7-5-16)12(18)9-19-3/h10H,4-9H2,1-3H3. The van der Waals surface area contributed by atoms with Gasteiger partial charge in [-0.05, 0) is 0 Å². The average molecular weight is 282 g/mol. The van der Waals surface area contributed by atoms with Crippen LogP contribution in [0.5, 0.6) is 0 Å². The summed E-state index contributed by atoms with van der Waals surface area (Å²) in [7, 11) is 1.54. The first-order valence-corrected chi connectivity index (χ1v) is 6.91. The second-order valence-corrected chi connectivity index (χ2v) is 5.29. The first-order chi connectivity index (χ1) is 9.60. The Bertz CT molecular complexity index is 439. The number of amides is 1. The van der Waals surface area contributed by atoms with Gasteiger partial charge in [-0.25, -0.2) is 0 Å². The van der Waals surface area contributed by atoms with Crippen LogP contribution in [0.2, 0.25) is 0 Å². The van der Waals surface area contributed by atoms with Crippen LogP contribution in [-0.4, -0.2) is 65.7 Å². The SMILES string of the molecule is COCC(=O)N1CCN(Cc2nc(C(C)C)no2)CC1. The molecule has 0 saturated carbocycles. The Balaban J connectivity index is 1.80. The lowest BCUT2D eigenvalue weighted by molar-refractivity contribution is -0.137. The predicted molar refractivity (Wildman–Crippen MR) is 72.1 cm³/mol. The van der Waals surface area contributed by atoms with Gasteiger partial charge >= 0.3 is 0 Å². The molecule has 1 aromatic rings. The van der Waals surface area contributed by atoms with Gasteiger partial charge in [0.15, 0.2) is 5.82 Å². The lowest BCUT2D eigenvalue weighted by Gasteiger charge is -2.33. The summed E-state index contributed by atoms with van der Waals surface area (Å²) >= 11 is 0. The van der Waals surface area contributed by atoms with E-state index in [-0.39, 0.29) is 18.4 Å². The van der Waals surface area contributed by atoms with Crippen LogP contribution in [0.4, 0.5) is 0 Å². The Morgan fingerprint density at radius 2 is 2.05 bits per heavy atom. The first-order valence-electron chi connectivity index (χ1n) is 6.91. The molecule has 1 fully saturated rings. The Hall–Kier alpha value is -1.47. The molecule has 0 atom stereocenters. The number of nitrogens with zero attached hydrogens (tertiary/aromatic N) is 4. The smallest absolute Gasteiger partial charge is 0.248 e. The van der Waals surface area contributed by atoms with Crippen molar-refractivity contribution in [2.24, 2.45) is 0 Å². The molecule has 7 heteroatoms. The topological polar surface area (TPSA) is 71.7 Å². The van der Waals surface area contributed by atoms with Gasteiger partial charge in [0.05, 0.1) is 6.54 Å². The molecule has 0 aliphatic carbocycles. The summed E-state index contributed by atoms with van der Waals surface area (Å²) in [5.41, 5.74) is 0. The van der Waals surface area contributed by atoms with Crippen molar-refractivity contribution in [3.8, 4) is 0 Å². The summed E-state index contributed by atoms with van der Waals surface area (Å²) in [6.07, 6.45) is 0. The second-order valence-electron chi connectivity index (χ2n) is 5.29. The minimum atomic E-state index is 0.0482. The summed E-state index contributed by atoms with van der Waals surface area (Å²) in [6, 6.07) is 0. The lowest BCUT2D eigenvalue weighted by atomic mass is 10.2. The maximum Gasteiger partial charge on any atom is 0.248 e. The number of carbonyl (C=O) groups is 1. The minimum absolute atomic E-state index is 0.0482. The molecule has 7 nitrogen and oxygen atoms in total. The molecule has 1 aliphatic heterocycles. The fourth-order valence-corrected chi connectivity index (χ4v) is 2.13. The largest absolute Gasteiger partial charge is 0.375 e. The van der Waals surface area contributed by atoms with Crippen LogP contribution in [0.15, 0.2) is 4.52 Å². The number of hydrogen-bond acceptors (Lipinski definition) is 6. The molecule has 1 aliphatic rings. The number of aromatic nitrogens is 2. The number of piperazine rings is 1. The van der Waals surface area contributed by atoms with Crippen LogP contribution in [0, 0.1) is 0 Å². The minimum Gasteiger partial charge on any atom is -0.375 e. The van der Waals surface area contributed by atoms with Crippen LogP contribution in [0.3, 0.4) is 0 Å². The van der Waals surface area contributed by atoms with Gasteiger partial charge in [-0.3, -0.25) is 9.69 Å².